The van der Waals surface area contributed by atoms with Crippen LogP contribution >= 0.6 is 0 Å². The van der Waals surface area contributed by atoms with Crippen LogP contribution in [0.25, 0.3) is 5.65 Å². The van der Waals surface area contributed by atoms with Crippen LogP contribution in [0.2, 0.25) is 0 Å². The average molecular weight is 354 g/mol. The fourth-order valence-corrected chi connectivity index (χ4v) is 3.69. The predicted octanol–water partition coefficient (Wildman–Crippen LogP) is 2.38. The van der Waals surface area contributed by atoms with Crippen molar-refractivity contribution >= 4 is 5.65 Å². The topological polar surface area (TPSA) is 81.6 Å². The summed E-state index contributed by atoms with van der Waals surface area (Å²) in [5.41, 5.74) is 1.81. The van der Waals surface area contributed by atoms with E-state index in [0.29, 0.717) is 17.7 Å². The normalized spacial score (nSPS) is 19.3. The van der Waals surface area contributed by atoms with Gasteiger partial charge in [0, 0.05) is 30.5 Å². The van der Waals surface area contributed by atoms with Gasteiger partial charge in [-0.3, -0.25) is 4.90 Å². The predicted molar refractivity (Wildman–Crippen MR) is 93.1 cm³/mol. The van der Waals surface area contributed by atoms with Crippen molar-refractivity contribution in [3.05, 3.63) is 35.5 Å². The van der Waals surface area contributed by atoms with E-state index in [1.807, 2.05) is 16.6 Å². The average Bonchev–Trinajstić information content (AvgIpc) is 3.28. The Balaban J connectivity index is 1.25. The molecule has 26 heavy (non-hydrogen) atoms. The molecule has 4 heterocycles. The molecule has 0 radical (unpaired) electrons. The Hall–Kier alpha value is -2.48. The quantitative estimate of drug-likeness (QED) is 0.696. The van der Waals surface area contributed by atoms with Crippen LogP contribution < -0.4 is 4.74 Å². The lowest BCUT2D eigenvalue weighted by atomic mass is 9.96. The molecule has 0 unspecified atom stereocenters. The number of hydrogen-bond acceptors (Lipinski definition) is 7. The van der Waals surface area contributed by atoms with E-state index in [4.69, 9.17) is 9.26 Å². The summed E-state index contributed by atoms with van der Waals surface area (Å²) in [6, 6.07) is 5.83. The van der Waals surface area contributed by atoms with Gasteiger partial charge in [-0.2, -0.15) is 4.52 Å². The molecular weight excluding hydrogens is 332 g/mol. The summed E-state index contributed by atoms with van der Waals surface area (Å²) in [6.07, 6.45) is 4.55. The summed E-state index contributed by atoms with van der Waals surface area (Å²) >= 11 is 0. The number of likely N-dealkylation sites (tertiary alicyclic amines) is 1. The lowest BCUT2D eigenvalue weighted by Gasteiger charge is -2.30. The van der Waals surface area contributed by atoms with Crippen LogP contribution in [0, 0.1) is 0 Å². The van der Waals surface area contributed by atoms with Crippen LogP contribution in [-0.2, 0) is 6.54 Å². The maximum Gasteiger partial charge on any atom is 0.231 e. The van der Waals surface area contributed by atoms with Crippen LogP contribution in [0.5, 0.6) is 5.88 Å². The Kier molecular flexibility index (Phi) is 3.85. The van der Waals surface area contributed by atoms with Crippen LogP contribution in [-0.4, -0.2) is 50.1 Å². The van der Waals surface area contributed by atoms with E-state index in [2.05, 4.69) is 31.4 Å². The molecule has 136 valence electrons. The highest BCUT2D eigenvalue weighted by molar-refractivity contribution is 5.38. The van der Waals surface area contributed by atoms with E-state index in [9.17, 15) is 0 Å². The highest BCUT2D eigenvalue weighted by atomic mass is 16.5. The first-order chi connectivity index (χ1) is 12.8. The molecule has 0 atom stereocenters. The molecule has 0 spiro atoms. The van der Waals surface area contributed by atoms with Crippen LogP contribution in [0.4, 0.5) is 0 Å². The molecule has 0 N–H and O–H groups in total. The van der Waals surface area contributed by atoms with Gasteiger partial charge in [0.2, 0.25) is 5.88 Å². The number of piperidine rings is 1. The number of aromatic nitrogens is 5. The highest BCUT2D eigenvalue weighted by Gasteiger charge is 2.29. The third-order valence-electron chi connectivity index (χ3n) is 5.37. The zero-order valence-electron chi connectivity index (χ0n) is 14.8. The molecule has 8 heteroatoms. The first kappa shape index (κ1) is 15.7. The van der Waals surface area contributed by atoms with Crippen LogP contribution in [0.15, 0.2) is 22.7 Å². The third kappa shape index (κ3) is 2.94. The van der Waals surface area contributed by atoms with Crippen molar-refractivity contribution in [1.82, 2.24) is 29.9 Å². The molecule has 1 saturated carbocycles. The number of hydrogen-bond donors (Lipinski definition) is 0. The molecule has 1 aliphatic carbocycles. The number of fused-ring (bicyclic) bond motifs is 1. The van der Waals surface area contributed by atoms with Gasteiger partial charge < -0.3 is 9.26 Å². The largest absolute Gasteiger partial charge is 0.480 e. The SMILES string of the molecule is COc1ccc2nnc(C3CCN(Cc4cc(C5CC5)on4)CC3)n2n1. The van der Waals surface area contributed by atoms with E-state index < -0.39 is 0 Å². The number of ether oxygens (including phenoxy) is 1. The van der Waals surface area contributed by atoms with Crippen molar-refractivity contribution in [3.8, 4) is 5.88 Å². The second-order valence-corrected chi connectivity index (χ2v) is 7.25. The maximum atomic E-state index is 5.46. The summed E-state index contributed by atoms with van der Waals surface area (Å²) in [6.45, 7) is 2.87. The summed E-state index contributed by atoms with van der Waals surface area (Å²) in [7, 11) is 1.62. The van der Waals surface area contributed by atoms with Crippen molar-refractivity contribution in [1.29, 1.82) is 0 Å². The summed E-state index contributed by atoms with van der Waals surface area (Å²) in [5.74, 6) is 3.54. The Morgan fingerprint density at radius 2 is 1.96 bits per heavy atom. The summed E-state index contributed by atoms with van der Waals surface area (Å²) in [5, 5.41) is 17.3. The highest BCUT2D eigenvalue weighted by Crippen LogP contribution is 2.40. The minimum absolute atomic E-state index is 0.361. The standard InChI is InChI=1S/C18H22N6O2/c1-25-17-5-4-16-19-20-18(24(16)21-17)13-6-8-23(9-7-13)11-14-10-15(26-22-14)12-2-3-12/h4-5,10,12-13H,2-3,6-9,11H2,1H3. The molecular formula is C18H22N6O2. The first-order valence-corrected chi connectivity index (χ1v) is 9.24. The molecule has 8 nitrogen and oxygen atoms in total. The van der Waals surface area contributed by atoms with Crippen LogP contribution in [0.3, 0.4) is 0 Å². The fraction of sp³-hybridized carbons (Fsp3) is 0.556. The van der Waals surface area contributed by atoms with Crippen molar-refractivity contribution < 1.29 is 9.26 Å². The van der Waals surface area contributed by atoms with E-state index in [-0.39, 0.29) is 0 Å². The zero-order chi connectivity index (χ0) is 17.5. The second-order valence-electron chi connectivity index (χ2n) is 7.25. The molecule has 0 aromatic carbocycles. The number of methoxy groups -OCH3 is 1. The molecule has 5 rings (SSSR count). The van der Waals surface area contributed by atoms with Crippen molar-refractivity contribution in [2.45, 2.75) is 44.1 Å². The lowest BCUT2D eigenvalue weighted by molar-refractivity contribution is 0.195. The van der Waals surface area contributed by atoms with E-state index >= 15 is 0 Å². The summed E-state index contributed by atoms with van der Waals surface area (Å²) < 4.78 is 12.5. The molecule has 1 aliphatic heterocycles. The third-order valence-corrected chi connectivity index (χ3v) is 5.37. The van der Waals surface area contributed by atoms with Crippen molar-refractivity contribution in [3.63, 3.8) is 0 Å². The molecule has 3 aromatic rings. The fourth-order valence-electron chi connectivity index (χ4n) is 3.69. The zero-order valence-corrected chi connectivity index (χ0v) is 14.8. The molecule has 1 saturated heterocycles. The van der Waals surface area contributed by atoms with Gasteiger partial charge in [0.25, 0.3) is 0 Å². The minimum Gasteiger partial charge on any atom is -0.480 e. The van der Waals surface area contributed by atoms with Crippen molar-refractivity contribution in [2.75, 3.05) is 20.2 Å². The molecule has 3 aromatic heterocycles. The van der Waals surface area contributed by atoms with Gasteiger partial charge in [-0.15, -0.1) is 15.3 Å². The minimum atomic E-state index is 0.361. The smallest absolute Gasteiger partial charge is 0.231 e. The van der Waals surface area contributed by atoms with Gasteiger partial charge in [0.1, 0.15) is 5.76 Å². The van der Waals surface area contributed by atoms with E-state index in [1.165, 1.54) is 12.8 Å². The van der Waals surface area contributed by atoms with Gasteiger partial charge >= 0.3 is 0 Å². The Bertz CT molecular complexity index is 907. The summed E-state index contributed by atoms with van der Waals surface area (Å²) in [4.78, 5) is 2.43. The maximum absolute atomic E-state index is 5.46. The Morgan fingerprint density at radius 3 is 2.73 bits per heavy atom. The number of rotatable bonds is 5. The Labute approximate surface area is 151 Å². The van der Waals surface area contributed by atoms with E-state index in [0.717, 1.165) is 55.4 Å². The molecule has 0 amide bonds. The van der Waals surface area contributed by atoms with Gasteiger partial charge in [0.15, 0.2) is 11.5 Å². The van der Waals surface area contributed by atoms with Gasteiger partial charge in [0.05, 0.1) is 12.8 Å². The molecule has 2 aliphatic rings. The monoisotopic (exact) mass is 354 g/mol. The lowest BCUT2D eigenvalue weighted by Crippen LogP contribution is -2.33. The van der Waals surface area contributed by atoms with Gasteiger partial charge in [-0.25, -0.2) is 0 Å². The van der Waals surface area contributed by atoms with Gasteiger partial charge in [-0.05, 0) is 44.8 Å². The van der Waals surface area contributed by atoms with Crippen molar-refractivity contribution in [2.24, 2.45) is 0 Å². The Morgan fingerprint density at radius 1 is 1.12 bits per heavy atom. The first-order valence-electron chi connectivity index (χ1n) is 9.24. The second kappa shape index (κ2) is 6.35. The molecule has 2 fully saturated rings. The van der Waals surface area contributed by atoms with Gasteiger partial charge in [-0.1, -0.05) is 5.16 Å². The van der Waals surface area contributed by atoms with Crippen LogP contribution in [0.1, 0.15) is 54.8 Å². The van der Waals surface area contributed by atoms with E-state index in [1.54, 1.807) is 7.11 Å². The molecule has 0 bridgehead atoms. The number of nitrogens with zero attached hydrogens (tertiary/aromatic N) is 6.